The molecule has 1 saturated carbocycles. The number of benzene rings is 3. The number of carbonyl (C=O) groups is 1. The molecule has 1 amide bonds. The molecule has 3 aromatic carbocycles. The molecule has 2 N–H and O–H groups in total. The minimum atomic E-state index is -4.13. The number of amides is 1. The minimum Gasteiger partial charge on any atom is -0.325 e. The molecule has 1 aliphatic carbocycles. The lowest BCUT2D eigenvalue weighted by molar-refractivity contribution is -0.116. The van der Waals surface area contributed by atoms with Crippen LogP contribution in [-0.2, 0) is 31.4 Å². The molecule has 0 aromatic heterocycles. The number of hydrogen-bond acceptors (Lipinski definition) is 5. The molecule has 202 valence electrons. The topological polar surface area (TPSA) is 113 Å². The number of sulfonamides is 2. The number of para-hydroxylation sites is 1. The highest BCUT2D eigenvalue weighted by Crippen LogP contribution is 2.26. The SMILES string of the molecule is CC1CCCCC1NS(=O)(=O)c1ccc(S(=O)(=O)N(CC(=O)Nc2ccccc2)Cc2ccccc2)cc1. The molecule has 4 rings (SSSR count). The van der Waals surface area contributed by atoms with Gasteiger partial charge in [0.2, 0.25) is 26.0 Å². The van der Waals surface area contributed by atoms with Gasteiger partial charge in [-0.1, -0.05) is 68.3 Å². The van der Waals surface area contributed by atoms with Crippen molar-refractivity contribution < 1.29 is 21.6 Å². The summed E-state index contributed by atoms with van der Waals surface area (Å²) in [4.78, 5) is 12.7. The van der Waals surface area contributed by atoms with Crippen molar-refractivity contribution in [3.05, 3.63) is 90.5 Å². The summed E-state index contributed by atoms with van der Waals surface area (Å²) in [5, 5.41) is 2.72. The second-order valence-corrected chi connectivity index (χ2v) is 13.3. The van der Waals surface area contributed by atoms with Crippen molar-refractivity contribution in [2.75, 3.05) is 11.9 Å². The molecule has 1 aliphatic rings. The first kappa shape index (κ1) is 28.0. The zero-order valence-corrected chi connectivity index (χ0v) is 22.9. The largest absolute Gasteiger partial charge is 0.325 e. The van der Waals surface area contributed by atoms with Crippen LogP contribution in [0.2, 0.25) is 0 Å². The normalized spacial score (nSPS) is 18.3. The van der Waals surface area contributed by atoms with Gasteiger partial charge in [0.05, 0.1) is 16.3 Å². The Bertz CT molecular complexity index is 1430. The summed E-state index contributed by atoms with van der Waals surface area (Å²) < 4.78 is 57.1. The van der Waals surface area contributed by atoms with E-state index in [4.69, 9.17) is 0 Å². The molecular weight excluding hydrogens is 522 g/mol. The number of nitrogens with one attached hydrogen (secondary N) is 2. The minimum absolute atomic E-state index is 0.00523. The number of rotatable bonds is 10. The Kier molecular flexibility index (Phi) is 8.99. The van der Waals surface area contributed by atoms with E-state index in [1.54, 1.807) is 48.5 Å². The molecule has 3 aromatic rings. The van der Waals surface area contributed by atoms with Crippen molar-refractivity contribution in [3.8, 4) is 0 Å². The van der Waals surface area contributed by atoms with Gasteiger partial charge in [-0.25, -0.2) is 21.6 Å². The predicted molar refractivity (Wildman–Crippen MR) is 147 cm³/mol. The standard InChI is InChI=1S/C28H33N3O5S2/c1-22-10-8-9-15-27(22)30-37(33,34)25-16-18-26(19-17-25)38(35,36)31(20-23-11-4-2-5-12-23)21-28(32)29-24-13-6-3-7-14-24/h2-7,11-14,16-19,22,27,30H,8-10,15,20-21H2,1H3,(H,29,32). The molecule has 2 atom stereocenters. The predicted octanol–water partition coefficient (Wildman–Crippen LogP) is 4.37. The van der Waals surface area contributed by atoms with Crippen LogP contribution in [0.25, 0.3) is 0 Å². The van der Waals surface area contributed by atoms with Gasteiger partial charge in [-0.05, 0) is 60.7 Å². The highest BCUT2D eigenvalue weighted by atomic mass is 32.2. The molecule has 10 heteroatoms. The van der Waals surface area contributed by atoms with Gasteiger partial charge >= 0.3 is 0 Å². The van der Waals surface area contributed by atoms with Crippen LogP contribution in [0, 0.1) is 5.92 Å². The summed E-state index contributed by atoms with van der Waals surface area (Å²) in [6.07, 6.45) is 3.82. The van der Waals surface area contributed by atoms with E-state index < -0.39 is 32.5 Å². The van der Waals surface area contributed by atoms with E-state index >= 15 is 0 Å². The Morgan fingerprint density at radius 1 is 0.816 bits per heavy atom. The third-order valence-electron chi connectivity index (χ3n) is 6.77. The van der Waals surface area contributed by atoms with Crippen LogP contribution < -0.4 is 10.0 Å². The average Bonchev–Trinajstić information content (AvgIpc) is 2.91. The second-order valence-electron chi connectivity index (χ2n) is 9.63. The fourth-order valence-electron chi connectivity index (χ4n) is 4.59. The fourth-order valence-corrected chi connectivity index (χ4v) is 7.36. The lowest BCUT2D eigenvalue weighted by atomic mass is 9.87. The quantitative estimate of drug-likeness (QED) is 0.386. The maximum atomic E-state index is 13.6. The third kappa shape index (κ3) is 7.08. The second kappa shape index (κ2) is 12.2. The third-order valence-corrected chi connectivity index (χ3v) is 10.1. The monoisotopic (exact) mass is 555 g/mol. The van der Waals surface area contributed by atoms with Crippen molar-refractivity contribution in [3.63, 3.8) is 0 Å². The van der Waals surface area contributed by atoms with Gasteiger partial charge in [-0.3, -0.25) is 4.79 Å². The zero-order chi connectivity index (χ0) is 27.2. The van der Waals surface area contributed by atoms with Crippen molar-refractivity contribution in [2.45, 2.75) is 55.0 Å². The number of nitrogens with zero attached hydrogens (tertiary/aromatic N) is 1. The maximum Gasteiger partial charge on any atom is 0.243 e. The zero-order valence-electron chi connectivity index (χ0n) is 21.3. The van der Waals surface area contributed by atoms with Crippen molar-refractivity contribution >= 4 is 31.6 Å². The van der Waals surface area contributed by atoms with Crippen molar-refractivity contribution in [1.82, 2.24) is 9.03 Å². The molecule has 0 radical (unpaired) electrons. The van der Waals surface area contributed by atoms with E-state index in [0.717, 1.165) is 30.0 Å². The van der Waals surface area contributed by atoms with Gasteiger partial charge in [0.1, 0.15) is 0 Å². The summed E-state index contributed by atoms with van der Waals surface area (Å²) in [6.45, 7) is 1.61. The Labute approximate surface area is 225 Å². The first-order valence-corrected chi connectivity index (χ1v) is 15.6. The Balaban J connectivity index is 1.55. The van der Waals surface area contributed by atoms with Crippen LogP contribution in [0.3, 0.4) is 0 Å². The van der Waals surface area contributed by atoms with Crippen LogP contribution in [0.1, 0.15) is 38.2 Å². The van der Waals surface area contributed by atoms with Gasteiger partial charge in [0.25, 0.3) is 0 Å². The van der Waals surface area contributed by atoms with E-state index in [2.05, 4.69) is 10.0 Å². The summed E-state index contributed by atoms with van der Waals surface area (Å²) >= 11 is 0. The highest BCUT2D eigenvalue weighted by molar-refractivity contribution is 7.89. The van der Waals surface area contributed by atoms with Gasteiger partial charge in [-0.2, -0.15) is 4.31 Å². The number of carbonyl (C=O) groups excluding carboxylic acids is 1. The lowest BCUT2D eigenvalue weighted by Crippen LogP contribution is -2.41. The molecule has 0 spiro atoms. The van der Waals surface area contributed by atoms with E-state index in [1.807, 2.05) is 19.1 Å². The van der Waals surface area contributed by atoms with Crippen LogP contribution in [0.4, 0.5) is 5.69 Å². The molecule has 2 unspecified atom stereocenters. The van der Waals surface area contributed by atoms with Crippen LogP contribution >= 0.6 is 0 Å². The fraction of sp³-hybridized carbons (Fsp3) is 0.321. The molecule has 0 bridgehead atoms. The lowest BCUT2D eigenvalue weighted by Gasteiger charge is -2.29. The molecule has 8 nitrogen and oxygen atoms in total. The smallest absolute Gasteiger partial charge is 0.243 e. The van der Waals surface area contributed by atoms with Gasteiger partial charge in [0, 0.05) is 18.3 Å². The molecule has 0 heterocycles. The molecule has 38 heavy (non-hydrogen) atoms. The molecule has 0 saturated heterocycles. The molecule has 0 aliphatic heterocycles. The summed E-state index contributed by atoms with van der Waals surface area (Å²) in [7, 11) is -7.93. The van der Waals surface area contributed by atoms with Crippen molar-refractivity contribution in [1.29, 1.82) is 0 Å². The summed E-state index contributed by atoms with van der Waals surface area (Å²) in [6, 6.07) is 22.8. The highest BCUT2D eigenvalue weighted by Gasteiger charge is 2.29. The summed E-state index contributed by atoms with van der Waals surface area (Å²) in [5.41, 5.74) is 1.28. The van der Waals surface area contributed by atoms with E-state index in [0.29, 0.717) is 11.3 Å². The van der Waals surface area contributed by atoms with Crippen LogP contribution in [0.5, 0.6) is 0 Å². The van der Waals surface area contributed by atoms with E-state index in [1.165, 1.54) is 24.3 Å². The van der Waals surface area contributed by atoms with Gasteiger partial charge < -0.3 is 5.32 Å². The van der Waals surface area contributed by atoms with Crippen LogP contribution in [0.15, 0.2) is 94.7 Å². The van der Waals surface area contributed by atoms with E-state index in [9.17, 15) is 21.6 Å². The average molecular weight is 556 g/mol. The molecular formula is C28H33N3O5S2. The van der Waals surface area contributed by atoms with Crippen LogP contribution in [-0.4, -0.2) is 39.6 Å². The van der Waals surface area contributed by atoms with Gasteiger partial charge in [-0.15, -0.1) is 0 Å². The number of anilines is 1. The first-order valence-electron chi connectivity index (χ1n) is 12.7. The Morgan fingerprint density at radius 2 is 1.39 bits per heavy atom. The summed E-state index contributed by atoms with van der Waals surface area (Å²) in [5.74, 6) is -0.243. The first-order chi connectivity index (χ1) is 18.1. The maximum absolute atomic E-state index is 13.6. The number of hydrogen-bond donors (Lipinski definition) is 2. The Morgan fingerprint density at radius 3 is 2.03 bits per heavy atom. The molecule has 1 fully saturated rings. The Hall–Kier alpha value is -3.05. The van der Waals surface area contributed by atoms with Gasteiger partial charge in [0.15, 0.2) is 0 Å². The van der Waals surface area contributed by atoms with Crippen molar-refractivity contribution in [2.24, 2.45) is 5.92 Å². The van der Waals surface area contributed by atoms with E-state index in [-0.39, 0.29) is 28.3 Å².